The smallest absolute Gasteiger partial charge is 0.253 e. The molecule has 2 heterocycles. The summed E-state index contributed by atoms with van der Waals surface area (Å²) >= 11 is 0. The van der Waals surface area contributed by atoms with Crippen LogP contribution in [0.15, 0.2) is 59.5 Å². The minimum atomic E-state index is -3.90. The van der Waals surface area contributed by atoms with Crippen molar-refractivity contribution in [2.24, 2.45) is 11.1 Å². The van der Waals surface area contributed by atoms with Crippen molar-refractivity contribution in [3.8, 4) is 11.3 Å². The quantitative estimate of drug-likeness (QED) is 0.596. The van der Waals surface area contributed by atoms with Gasteiger partial charge in [0.15, 0.2) is 0 Å². The van der Waals surface area contributed by atoms with Crippen LogP contribution in [0.4, 0.5) is 0 Å². The van der Waals surface area contributed by atoms with Gasteiger partial charge in [-0.1, -0.05) is 44.2 Å². The topological polar surface area (TPSA) is 114 Å². The number of hydrogen-bond donors (Lipinski definition) is 2. The second-order valence-electron chi connectivity index (χ2n) is 9.26. The summed E-state index contributed by atoms with van der Waals surface area (Å²) in [5, 5.41) is 16.8. The first-order valence-electron chi connectivity index (χ1n) is 11.1. The number of benzene rings is 2. The van der Waals surface area contributed by atoms with Crippen LogP contribution in [0.1, 0.15) is 43.5 Å². The number of sulfonamides is 1. The molecule has 0 atom stereocenters. The monoisotopic (exact) mass is 467 g/mol. The average molecular weight is 468 g/mol. The van der Waals surface area contributed by atoms with Gasteiger partial charge in [0.05, 0.1) is 16.8 Å². The van der Waals surface area contributed by atoms with Gasteiger partial charge >= 0.3 is 0 Å². The van der Waals surface area contributed by atoms with E-state index in [1.54, 1.807) is 47.4 Å². The predicted molar refractivity (Wildman–Crippen MR) is 128 cm³/mol. The van der Waals surface area contributed by atoms with E-state index >= 15 is 0 Å². The number of nitrogens with zero attached hydrogens (tertiary/aromatic N) is 2. The first kappa shape index (κ1) is 23.4. The number of aromatic nitrogens is 1. The molecule has 174 valence electrons. The lowest BCUT2D eigenvalue weighted by Crippen LogP contribution is -2.47. The predicted octanol–water partition coefficient (Wildman–Crippen LogP) is 3.56. The molecule has 1 fully saturated rings. The Labute approximate surface area is 194 Å². The van der Waals surface area contributed by atoms with Gasteiger partial charge in [0.1, 0.15) is 4.90 Å². The second kappa shape index (κ2) is 8.85. The van der Waals surface area contributed by atoms with Crippen LogP contribution in [0.5, 0.6) is 0 Å². The highest BCUT2D eigenvalue weighted by Gasteiger charge is 2.34. The van der Waals surface area contributed by atoms with Crippen molar-refractivity contribution in [3.63, 3.8) is 0 Å². The van der Waals surface area contributed by atoms with Gasteiger partial charge in [-0.05, 0) is 49.4 Å². The van der Waals surface area contributed by atoms with E-state index in [0.717, 1.165) is 12.0 Å². The molecule has 3 N–H and O–H groups in total. The average Bonchev–Trinajstić information content (AvgIpc) is 2.77. The summed E-state index contributed by atoms with van der Waals surface area (Å²) in [6.45, 7) is 5.26. The van der Waals surface area contributed by atoms with Gasteiger partial charge in [-0.3, -0.25) is 4.79 Å². The maximum Gasteiger partial charge on any atom is 0.253 e. The third-order valence-electron chi connectivity index (χ3n) is 6.19. The maximum atomic E-state index is 13.0. The highest BCUT2D eigenvalue weighted by molar-refractivity contribution is 7.89. The van der Waals surface area contributed by atoms with Crippen molar-refractivity contribution >= 4 is 26.8 Å². The SMILES string of the molecule is CC(C)CC1(O)CCN(C(=O)c2ccc(-c3ccc4cccc(S(N)(=O)=O)c4n3)cc2)CC1. The fourth-order valence-electron chi connectivity index (χ4n) is 4.57. The highest BCUT2D eigenvalue weighted by Crippen LogP contribution is 2.30. The van der Waals surface area contributed by atoms with Gasteiger partial charge in [-0.25, -0.2) is 18.5 Å². The zero-order valence-electron chi connectivity index (χ0n) is 18.9. The molecule has 1 saturated heterocycles. The maximum absolute atomic E-state index is 13.0. The normalized spacial score (nSPS) is 16.3. The van der Waals surface area contributed by atoms with Crippen molar-refractivity contribution < 1.29 is 18.3 Å². The summed E-state index contributed by atoms with van der Waals surface area (Å²) in [5.41, 5.74) is 1.56. The number of primary sulfonamides is 1. The molecule has 3 aromatic rings. The van der Waals surface area contributed by atoms with Gasteiger partial charge in [0, 0.05) is 29.6 Å². The van der Waals surface area contributed by atoms with Crippen LogP contribution in [0.3, 0.4) is 0 Å². The molecular weight excluding hydrogens is 438 g/mol. The first-order chi connectivity index (χ1) is 15.6. The van der Waals surface area contributed by atoms with Crippen LogP contribution < -0.4 is 5.14 Å². The Morgan fingerprint density at radius 2 is 1.76 bits per heavy atom. The van der Waals surface area contributed by atoms with Crippen molar-refractivity contribution in [1.82, 2.24) is 9.88 Å². The molecule has 0 bridgehead atoms. The number of carbonyl (C=O) groups is 1. The van der Waals surface area contributed by atoms with E-state index in [1.165, 1.54) is 6.07 Å². The number of amides is 1. The largest absolute Gasteiger partial charge is 0.390 e. The molecule has 1 aromatic heterocycles. The number of likely N-dealkylation sites (tertiary alicyclic amines) is 1. The summed E-state index contributed by atoms with van der Waals surface area (Å²) in [6.07, 6.45) is 1.92. The number of hydrogen-bond acceptors (Lipinski definition) is 5. The van der Waals surface area contributed by atoms with E-state index in [0.29, 0.717) is 54.0 Å². The minimum Gasteiger partial charge on any atom is -0.390 e. The molecule has 1 aliphatic heterocycles. The minimum absolute atomic E-state index is 0.0174. The first-order valence-corrected chi connectivity index (χ1v) is 12.7. The van der Waals surface area contributed by atoms with Gasteiger partial charge < -0.3 is 10.0 Å². The fourth-order valence-corrected chi connectivity index (χ4v) is 5.27. The zero-order chi connectivity index (χ0) is 23.8. The number of nitrogens with two attached hydrogens (primary N) is 1. The van der Waals surface area contributed by atoms with Crippen LogP contribution in [0.2, 0.25) is 0 Å². The van der Waals surface area contributed by atoms with Crippen molar-refractivity contribution in [2.45, 2.75) is 43.6 Å². The third kappa shape index (κ3) is 5.08. The van der Waals surface area contributed by atoms with E-state index in [1.807, 2.05) is 6.07 Å². The molecule has 8 heteroatoms. The molecule has 0 saturated carbocycles. The van der Waals surface area contributed by atoms with Gasteiger partial charge in [-0.2, -0.15) is 0 Å². The third-order valence-corrected chi connectivity index (χ3v) is 7.13. The van der Waals surface area contributed by atoms with Crippen molar-refractivity contribution in [2.75, 3.05) is 13.1 Å². The Balaban J connectivity index is 1.53. The summed E-state index contributed by atoms with van der Waals surface area (Å²) in [4.78, 5) is 19.3. The lowest BCUT2D eigenvalue weighted by molar-refractivity contribution is -0.0311. The molecule has 0 radical (unpaired) electrons. The van der Waals surface area contributed by atoms with Crippen LogP contribution in [-0.2, 0) is 10.0 Å². The van der Waals surface area contributed by atoms with Crippen molar-refractivity contribution in [3.05, 3.63) is 60.2 Å². The summed E-state index contributed by atoms with van der Waals surface area (Å²) in [5.74, 6) is 0.352. The van der Waals surface area contributed by atoms with Crippen LogP contribution in [0, 0.1) is 5.92 Å². The van der Waals surface area contributed by atoms with E-state index < -0.39 is 15.6 Å². The fraction of sp³-hybridized carbons (Fsp3) is 0.360. The Hall–Kier alpha value is -2.81. The Morgan fingerprint density at radius 1 is 1.09 bits per heavy atom. The Morgan fingerprint density at radius 3 is 2.36 bits per heavy atom. The molecule has 2 aromatic carbocycles. The molecule has 4 rings (SSSR count). The number of fused-ring (bicyclic) bond motifs is 1. The van der Waals surface area contributed by atoms with Crippen LogP contribution >= 0.6 is 0 Å². The highest BCUT2D eigenvalue weighted by atomic mass is 32.2. The number of piperidine rings is 1. The van der Waals surface area contributed by atoms with E-state index in [2.05, 4.69) is 18.8 Å². The number of carbonyl (C=O) groups excluding carboxylic acids is 1. The molecule has 1 aliphatic rings. The van der Waals surface area contributed by atoms with Crippen molar-refractivity contribution in [1.29, 1.82) is 0 Å². The number of pyridine rings is 1. The van der Waals surface area contributed by atoms with E-state index in [-0.39, 0.29) is 10.8 Å². The van der Waals surface area contributed by atoms with Crippen LogP contribution in [-0.4, -0.2) is 48.0 Å². The van der Waals surface area contributed by atoms with Crippen LogP contribution in [0.25, 0.3) is 22.2 Å². The van der Waals surface area contributed by atoms with E-state index in [4.69, 9.17) is 5.14 Å². The van der Waals surface area contributed by atoms with E-state index in [9.17, 15) is 18.3 Å². The molecule has 0 unspecified atom stereocenters. The second-order valence-corrected chi connectivity index (χ2v) is 10.8. The van der Waals surface area contributed by atoms with Gasteiger partial charge in [0.2, 0.25) is 10.0 Å². The molecule has 0 spiro atoms. The summed E-state index contributed by atoms with van der Waals surface area (Å²) < 4.78 is 23.9. The summed E-state index contributed by atoms with van der Waals surface area (Å²) in [7, 11) is -3.90. The van der Waals surface area contributed by atoms with Gasteiger partial charge in [0.25, 0.3) is 5.91 Å². The Kier molecular flexibility index (Phi) is 6.26. The molecule has 1 amide bonds. The Bertz CT molecular complexity index is 1280. The molecular formula is C25H29N3O4S. The molecule has 7 nitrogen and oxygen atoms in total. The lowest BCUT2D eigenvalue weighted by atomic mass is 9.84. The molecule has 33 heavy (non-hydrogen) atoms. The number of para-hydroxylation sites is 1. The number of rotatable bonds is 5. The van der Waals surface area contributed by atoms with Gasteiger partial charge in [-0.15, -0.1) is 0 Å². The summed E-state index contributed by atoms with van der Waals surface area (Å²) in [6, 6.07) is 15.6. The standard InChI is InChI=1S/C25H29N3O4S/c1-17(2)16-25(30)12-14-28(15-13-25)24(29)20-8-6-18(7-9-20)21-11-10-19-4-3-5-22(23(19)27-21)33(26,31)32/h3-11,17,30H,12-16H2,1-2H3,(H2,26,31,32). The zero-order valence-corrected chi connectivity index (χ0v) is 19.7. The molecule has 0 aliphatic carbocycles. The lowest BCUT2D eigenvalue weighted by Gasteiger charge is -2.39. The number of aliphatic hydroxyl groups is 1.